The Morgan fingerprint density at radius 1 is 0.407 bits per heavy atom. The summed E-state index contributed by atoms with van der Waals surface area (Å²) in [6, 6.07) is 23.4. The molecule has 2 saturated heterocycles. The molecular formula is C97H139Br2MgN11O12. The van der Waals surface area contributed by atoms with Gasteiger partial charge in [0.25, 0.3) is 35.4 Å². The molecule has 9 aliphatic carbocycles. The van der Waals surface area contributed by atoms with Crippen molar-refractivity contribution in [2.75, 3.05) is 82.8 Å². The molecule has 4 aromatic carbocycles. The molecule has 26 heteroatoms. The van der Waals surface area contributed by atoms with E-state index in [2.05, 4.69) is 47.1 Å². The molecule has 8 spiro atoms. The summed E-state index contributed by atoms with van der Waals surface area (Å²) in [6.07, 6.45) is 30.7. The van der Waals surface area contributed by atoms with E-state index in [-0.39, 0.29) is 157 Å². The number of guanidine groups is 1. The van der Waals surface area contributed by atoms with Crippen molar-refractivity contribution in [1.82, 2.24) is 29.4 Å². The van der Waals surface area contributed by atoms with Crippen molar-refractivity contribution in [2.45, 2.75) is 290 Å². The minimum Gasteiger partial charge on any atom is -1.00 e. The standard InChI is InChI=1S/C24H31N3O3.C23H30N4O3.C20H24N2O4.C19H23BrN2O2.C5H10.C2H5.4CH4.BrH.Mg/c1-16-25-24(22(29)26(16)2)20-14-17(21(28)27-12-4-5-13-27)6-7-18(20)15-23(24)10-8-19(30-3)9-11-23;1-26-20(29)23(25-21(26)24)18-13-15(19(28)27-11-3-4-12-27)5-6-16(18)14-22(23)9-7-17(30-2)8-10-22;1-12-21-20(18(25)22(12)2)16-10-13(17(23)24)4-5-14(16)11-19(20)8-6-15(26-3)7-9-19;1-12-21-19(17(23)22(12)2)16-10-14(20)5-4-13(16)11-18(19)8-6-15(24-3)7-9-18;1-2-4-5-3-1;1-2;;;;;;/h6-7,14,19H,4-5,8-13,15H2,1-3H3;5-6,13,17H,3-4,7-12,14H2,1-2H3,(H2,24,25);4-5,10,15H,6-9,11H2,1-3H3,(H,23,24);4-5,10,15H,6-9,11H2,1-3H3;1-5H2;1H2,2H3;4*1H4;1H;/q;;;;;-1;;;;;;+2/p-1. The molecule has 0 aromatic heterocycles. The number of likely N-dealkylation sites (tertiary alicyclic amines) is 2. The van der Waals surface area contributed by atoms with E-state index in [4.69, 9.17) is 44.7 Å². The average molecular weight is 1840 g/mol. The van der Waals surface area contributed by atoms with Crippen molar-refractivity contribution in [3.63, 3.8) is 0 Å². The zero-order chi connectivity index (χ0) is 83.5. The minimum absolute atomic E-state index is 0. The number of carboxylic acids is 1. The zero-order valence-electron chi connectivity index (χ0n) is 72.2. The molecular weight excluding hydrogens is 1700 g/mol. The van der Waals surface area contributed by atoms with E-state index in [0.717, 1.165) is 230 Å². The molecule has 4 atom stereocenters. The molecule has 23 nitrogen and oxygen atoms in total. The van der Waals surface area contributed by atoms with Crippen molar-refractivity contribution in [3.05, 3.63) is 145 Å². The summed E-state index contributed by atoms with van der Waals surface area (Å²) in [5.74, 6) is 1.76. The number of aliphatic imine (C=N–C) groups is 4. The predicted molar refractivity (Wildman–Crippen MR) is 488 cm³/mol. The van der Waals surface area contributed by atoms with Gasteiger partial charge in [-0.3, -0.25) is 48.6 Å². The number of benzene rings is 4. The fourth-order valence-electron chi connectivity index (χ4n) is 23.5. The molecule has 4 aromatic rings. The second kappa shape index (κ2) is 40.3. The Kier molecular flexibility index (Phi) is 33.3. The number of hydrogen-bond acceptors (Lipinski definition) is 16. The number of carbonyl (C=O) groups is 7. The van der Waals surface area contributed by atoms with E-state index < -0.39 is 28.1 Å². The van der Waals surface area contributed by atoms with E-state index in [1.54, 1.807) is 76.3 Å². The van der Waals surface area contributed by atoms with Gasteiger partial charge in [0.2, 0.25) is 0 Å². The Labute approximate surface area is 768 Å². The van der Waals surface area contributed by atoms with Crippen LogP contribution in [0.15, 0.2) is 97.2 Å². The SMILES string of the molecule is C.C.C.C.C1CCCC1.COC1CCC2(CC1)Cc1ccc(Br)cc1C21N=C(C)N(C)C1=O.COC1CCC2(CC1)Cc1ccc(C(=O)N3CCCC3)cc1C21N=C(C)N(C)C1=O.COC1CCC2(CC1)Cc1ccc(C(=O)N3CCCC3)cc1C21N=C(N)N(C)C1=O.COC1CCC2(CC1)Cc1ccc(C(=O)O)cc1C21N=C(C)N(C)C1=O.[Br-].[CH2-]C.[Mg+2]. The topological polar surface area (TPSA) is 272 Å². The van der Waals surface area contributed by atoms with Gasteiger partial charge in [0.15, 0.2) is 28.1 Å². The quantitative estimate of drug-likeness (QED) is 0.129. The summed E-state index contributed by atoms with van der Waals surface area (Å²) in [5.41, 5.74) is 11.4. The minimum atomic E-state index is -1.03. The largest absolute Gasteiger partial charge is 2.00 e. The van der Waals surface area contributed by atoms with E-state index >= 15 is 0 Å². The maximum Gasteiger partial charge on any atom is 2.00 e. The molecule has 15 aliphatic rings. The third-order valence-electron chi connectivity index (χ3n) is 30.3. The van der Waals surface area contributed by atoms with Crippen LogP contribution in [0.2, 0.25) is 0 Å². The second-order valence-electron chi connectivity index (χ2n) is 35.8. The van der Waals surface area contributed by atoms with Crippen LogP contribution in [-0.2, 0) is 86.0 Å². The Hall–Kier alpha value is -6.78. The third kappa shape index (κ3) is 16.8. The number of carboxylic acid groups (broad SMARTS) is 1. The van der Waals surface area contributed by atoms with Crippen LogP contribution in [0.3, 0.4) is 0 Å². The van der Waals surface area contributed by atoms with E-state index in [1.807, 2.05) is 81.1 Å². The monoisotopic (exact) mass is 1830 g/mol. The van der Waals surface area contributed by atoms with Gasteiger partial charge in [0.1, 0.15) is 17.5 Å². The van der Waals surface area contributed by atoms with Crippen LogP contribution in [-0.4, -0.2) is 230 Å². The Balaban J connectivity index is 0.000000196. The number of fused-ring (bicyclic) bond motifs is 12. The number of hydrogen-bond donors (Lipinski definition) is 2. The maximum absolute atomic E-state index is 13.7. The van der Waals surface area contributed by atoms with Gasteiger partial charge in [-0.15, -0.1) is 0 Å². The number of likely N-dealkylation sites (N-methyl/N-ethyl adjacent to an activating group) is 4. The first-order valence-corrected chi connectivity index (χ1v) is 43.9. The van der Waals surface area contributed by atoms with Gasteiger partial charge in [0, 0.05) is 120 Å². The van der Waals surface area contributed by atoms with Crippen LogP contribution in [0.4, 0.5) is 0 Å². The number of aromatic carboxylic acids is 1. The predicted octanol–water partition coefficient (Wildman–Crippen LogP) is 13.4. The normalized spacial score (nSPS) is 30.9. The van der Waals surface area contributed by atoms with Crippen molar-refractivity contribution >= 4 is 104 Å². The van der Waals surface area contributed by atoms with Gasteiger partial charge < -0.3 is 78.2 Å². The van der Waals surface area contributed by atoms with Crippen LogP contribution in [0, 0.1) is 28.6 Å². The fraction of sp³-hybridized carbons (Fsp3) is 0.629. The molecule has 123 heavy (non-hydrogen) atoms. The van der Waals surface area contributed by atoms with Crippen LogP contribution < -0.4 is 22.7 Å². The van der Waals surface area contributed by atoms with Crippen LogP contribution >= 0.6 is 15.9 Å². The molecule has 670 valence electrons. The first-order valence-electron chi connectivity index (χ1n) is 43.1. The zero-order valence-corrected chi connectivity index (χ0v) is 76.8. The number of amidine groups is 3. The summed E-state index contributed by atoms with van der Waals surface area (Å²) in [6.45, 7) is 14.0. The summed E-state index contributed by atoms with van der Waals surface area (Å²) >= 11 is 3.59. The van der Waals surface area contributed by atoms with Gasteiger partial charge in [-0.05, 0) is 268 Å². The fourth-order valence-corrected chi connectivity index (χ4v) is 23.9. The molecule has 0 radical (unpaired) electrons. The van der Waals surface area contributed by atoms with E-state index in [9.17, 15) is 38.7 Å². The van der Waals surface area contributed by atoms with Crippen LogP contribution in [0.5, 0.6) is 0 Å². The van der Waals surface area contributed by atoms with Crippen LogP contribution in [0.1, 0.15) is 294 Å². The van der Waals surface area contributed by atoms with Gasteiger partial charge in [-0.1, -0.05) is 102 Å². The number of nitrogens with zero attached hydrogens (tertiary/aromatic N) is 10. The number of methoxy groups -OCH3 is 4. The average Bonchev–Trinajstić information content (AvgIpc) is 1.54. The van der Waals surface area contributed by atoms with Gasteiger partial charge in [-0.2, -0.15) is 6.92 Å². The number of halogens is 2. The number of nitrogens with two attached hydrogens (primary N) is 1. The van der Waals surface area contributed by atoms with Crippen molar-refractivity contribution in [3.8, 4) is 0 Å². The summed E-state index contributed by atoms with van der Waals surface area (Å²) in [7, 11) is 14.2. The van der Waals surface area contributed by atoms with Gasteiger partial charge >= 0.3 is 29.0 Å². The molecule has 5 saturated carbocycles. The van der Waals surface area contributed by atoms with E-state index in [1.165, 1.54) is 48.1 Å². The smallest absolute Gasteiger partial charge is 1.00 e. The molecule has 6 amide bonds. The van der Waals surface area contributed by atoms with Gasteiger partial charge in [0.05, 0.1) is 30.0 Å². The summed E-state index contributed by atoms with van der Waals surface area (Å²) in [4.78, 5) is 122. The van der Waals surface area contributed by atoms with Crippen molar-refractivity contribution in [2.24, 2.45) is 47.4 Å². The molecule has 3 N–H and O–H groups in total. The second-order valence-corrected chi connectivity index (χ2v) is 36.7. The molecule has 6 heterocycles. The Morgan fingerprint density at radius 3 is 0.894 bits per heavy atom. The number of carbonyl (C=O) groups excluding carboxylic acids is 6. The Morgan fingerprint density at radius 2 is 0.650 bits per heavy atom. The third-order valence-corrected chi connectivity index (χ3v) is 30.8. The molecule has 19 rings (SSSR count). The van der Waals surface area contributed by atoms with E-state index in [0.29, 0.717) is 23.1 Å². The Bertz CT molecular complexity index is 4500. The molecule has 6 aliphatic heterocycles. The van der Waals surface area contributed by atoms with Gasteiger partial charge in [-0.25, -0.2) is 9.79 Å². The summed E-state index contributed by atoms with van der Waals surface area (Å²) in [5, 5.41) is 9.44. The number of rotatable bonds is 7. The van der Waals surface area contributed by atoms with Crippen molar-refractivity contribution < 1.29 is 74.6 Å². The molecule has 0 bridgehead atoms. The first-order chi connectivity index (χ1) is 56.1. The number of ether oxygens (including phenoxy) is 4. The molecule has 4 unspecified atom stereocenters. The molecule has 7 fully saturated rings. The first kappa shape index (κ1) is 102. The maximum atomic E-state index is 13.7. The van der Waals surface area contributed by atoms with Crippen molar-refractivity contribution in [1.29, 1.82) is 0 Å². The number of amides is 6. The summed E-state index contributed by atoms with van der Waals surface area (Å²) < 4.78 is 23.3. The van der Waals surface area contributed by atoms with Crippen LogP contribution in [0.25, 0.3) is 0 Å².